The van der Waals surface area contributed by atoms with Gasteiger partial charge in [0.25, 0.3) is 0 Å². The predicted molar refractivity (Wildman–Crippen MR) is 114 cm³/mol. The minimum absolute atomic E-state index is 0.370. The molecule has 1 aliphatic heterocycles. The van der Waals surface area contributed by atoms with E-state index in [0.717, 1.165) is 34.7 Å². The van der Waals surface area contributed by atoms with Crippen molar-refractivity contribution in [2.24, 2.45) is 0 Å². The van der Waals surface area contributed by atoms with Crippen molar-refractivity contribution in [3.05, 3.63) is 98.7 Å². The lowest BCUT2D eigenvalue weighted by atomic mass is 9.92. The summed E-state index contributed by atoms with van der Waals surface area (Å²) in [6, 6.07) is 10.5. The normalized spacial score (nSPS) is 16.8. The van der Waals surface area contributed by atoms with Crippen LogP contribution in [0.15, 0.2) is 66.1 Å². The van der Waals surface area contributed by atoms with Gasteiger partial charge in [0.05, 0.1) is 17.2 Å². The zero-order chi connectivity index (χ0) is 23.8. The molecule has 172 valence electrons. The maximum atomic E-state index is 13.0. The number of fused-ring (bicyclic) bond motifs is 1. The van der Waals surface area contributed by atoms with Crippen molar-refractivity contribution in [3.8, 4) is 0 Å². The Kier molecular flexibility index (Phi) is 6.09. The first-order valence-corrected chi connectivity index (χ1v) is 10.8. The van der Waals surface area contributed by atoms with Crippen molar-refractivity contribution < 1.29 is 31.1 Å². The average molecular weight is 481 g/mol. The number of hydrogen-bond donors (Lipinski definition) is 0. The van der Waals surface area contributed by atoms with Crippen LogP contribution in [-0.2, 0) is 23.6 Å². The van der Waals surface area contributed by atoms with E-state index < -0.39 is 29.5 Å². The lowest BCUT2D eigenvalue weighted by Crippen LogP contribution is -2.39. The standard InChI is InChI=1S/C24H17F6NOS/c25-23(26,27)17-6-1-15(2-7-17)3-10-21(32)31-13-11-20-19(12-14-33-20)22(31)16-4-8-18(9-5-16)24(28,29)30/h1-10,12,14,22H,11,13H2. The van der Waals surface area contributed by atoms with Gasteiger partial charge in [-0.05, 0) is 64.9 Å². The van der Waals surface area contributed by atoms with Crippen molar-refractivity contribution in [1.29, 1.82) is 0 Å². The van der Waals surface area contributed by atoms with Crippen LogP contribution in [0.1, 0.15) is 38.7 Å². The van der Waals surface area contributed by atoms with E-state index in [1.807, 2.05) is 11.4 Å². The Morgan fingerprint density at radius 3 is 2.03 bits per heavy atom. The van der Waals surface area contributed by atoms with Crippen LogP contribution < -0.4 is 0 Å². The number of hydrogen-bond acceptors (Lipinski definition) is 2. The van der Waals surface area contributed by atoms with E-state index in [9.17, 15) is 31.1 Å². The summed E-state index contributed by atoms with van der Waals surface area (Å²) in [5.74, 6) is -0.378. The molecular formula is C24H17F6NOS. The Labute approximate surface area is 189 Å². The summed E-state index contributed by atoms with van der Waals surface area (Å²) >= 11 is 1.53. The minimum atomic E-state index is -4.46. The molecule has 0 saturated heterocycles. The summed E-state index contributed by atoms with van der Waals surface area (Å²) in [6.07, 6.45) is -5.59. The van der Waals surface area contributed by atoms with Crippen LogP contribution in [-0.4, -0.2) is 17.4 Å². The Bertz CT molecular complexity index is 1160. The highest BCUT2D eigenvalue weighted by Crippen LogP contribution is 2.39. The molecule has 2 nitrogen and oxygen atoms in total. The van der Waals surface area contributed by atoms with Gasteiger partial charge < -0.3 is 4.90 Å². The number of nitrogens with zero attached hydrogens (tertiary/aromatic N) is 1. The third-order valence-electron chi connectivity index (χ3n) is 5.46. The van der Waals surface area contributed by atoms with Gasteiger partial charge in [0.15, 0.2) is 0 Å². The van der Waals surface area contributed by atoms with E-state index in [1.165, 1.54) is 47.8 Å². The van der Waals surface area contributed by atoms with Crippen LogP contribution in [0, 0.1) is 0 Å². The van der Waals surface area contributed by atoms with Gasteiger partial charge in [-0.1, -0.05) is 24.3 Å². The van der Waals surface area contributed by atoms with Crippen molar-refractivity contribution >= 4 is 23.3 Å². The first kappa shape index (κ1) is 23.1. The van der Waals surface area contributed by atoms with Gasteiger partial charge in [-0.15, -0.1) is 11.3 Å². The topological polar surface area (TPSA) is 20.3 Å². The van der Waals surface area contributed by atoms with Gasteiger partial charge >= 0.3 is 12.4 Å². The molecule has 0 radical (unpaired) electrons. The maximum absolute atomic E-state index is 13.0. The number of thiophene rings is 1. The zero-order valence-corrected chi connectivity index (χ0v) is 17.8. The quantitative estimate of drug-likeness (QED) is 0.292. The van der Waals surface area contributed by atoms with Gasteiger partial charge in [0, 0.05) is 17.5 Å². The molecule has 2 heterocycles. The molecule has 9 heteroatoms. The summed E-state index contributed by atoms with van der Waals surface area (Å²) in [7, 11) is 0. The van der Waals surface area contributed by atoms with Crippen LogP contribution >= 0.6 is 11.3 Å². The van der Waals surface area contributed by atoms with Gasteiger partial charge in [0.2, 0.25) is 5.91 Å². The van der Waals surface area contributed by atoms with Gasteiger partial charge in [-0.2, -0.15) is 26.3 Å². The van der Waals surface area contributed by atoms with Crippen LogP contribution in [0.3, 0.4) is 0 Å². The van der Waals surface area contributed by atoms with Crippen molar-refractivity contribution in [2.75, 3.05) is 6.54 Å². The molecule has 0 bridgehead atoms. The number of rotatable bonds is 3. The fourth-order valence-electron chi connectivity index (χ4n) is 3.81. The van der Waals surface area contributed by atoms with Crippen molar-refractivity contribution in [2.45, 2.75) is 24.8 Å². The first-order valence-electron chi connectivity index (χ1n) is 9.93. The number of alkyl halides is 6. The first-order chi connectivity index (χ1) is 15.5. The largest absolute Gasteiger partial charge is 0.416 e. The highest BCUT2D eigenvalue weighted by atomic mass is 32.1. The van der Waals surface area contributed by atoms with E-state index in [-0.39, 0.29) is 5.91 Å². The molecule has 1 amide bonds. The lowest BCUT2D eigenvalue weighted by Gasteiger charge is -2.35. The summed E-state index contributed by atoms with van der Waals surface area (Å²) < 4.78 is 77.1. The summed E-state index contributed by atoms with van der Waals surface area (Å²) in [6.45, 7) is 0.370. The molecule has 0 fully saturated rings. The number of halogens is 6. The monoisotopic (exact) mass is 481 g/mol. The second-order valence-corrected chi connectivity index (χ2v) is 8.56. The molecule has 0 N–H and O–H groups in total. The van der Waals surface area contributed by atoms with Gasteiger partial charge in [-0.25, -0.2) is 0 Å². The molecule has 4 rings (SSSR count). The average Bonchev–Trinajstić information content (AvgIpc) is 3.25. The third kappa shape index (κ3) is 4.98. The lowest BCUT2D eigenvalue weighted by molar-refractivity contribution is -0.138. The molecule has 1 aromatic heterocycles. The van der Waals surface area contributed by atoms with Gasteiger partial charge in [-0.3, -0.25) is 4.79 Å². The van der Waals surface area contributed by atoms with E-state index in [2.05, 4.69) is 0 Å². The number of carbonyl (C=O) groups excluding carboxylic acids is 1. The van der Waals surface area contributed by atoms with Crippen LogP contribution in [0.25, 0.3) is 6.08 Å². The maximum Gasteiger partial charge on any atom is 0.416 e. The number of benzene rings is 2. The predicted octanol–water partition coefficient (Wildman–Crippen LogP) is 6.97. The van der Waals surface area contributed by atoms with Crippen LogP contribution in [0.4, 0.5) is 26.3 Å². The molecule has 0 aliphatic carbocycles. The summed E-state index contributed by atoms with van der Waals surface area (Å²) in [5, 5.41) is 1.88. The van der Waals surface area contributed by atoms with Crippen molar-refractivity contribution in [3.63, 3.8) is 0 Å². The number of carbonyl (C=O) groups is 1. The van der Waals surface area contributed by atoms with E-state index in [1.54, 1.807) is 4.90 Å². The highest BCUT2D eigenvalue weighted by molar-refractivity contribution is 7.10. The Morgan fingerprint density at radius 1 is 0.879 bits per heavy atom. The van der Waals surface area contributed by atoms with E-state index >= 15 is 0 Å². The SMILES string of the molecule is O=C(C=Cc1ccc(C(F)(F)F)cc1)N1CCc2sccc2C1c1ccc(C(F)(F)F)cc1. The molecule has 1 aliphatic rings. The second-order valence-electron chi connectivity index (χ2n) is 7.56. The zero-order valence-electron chi connectivity index (χ0n) is 17.0. The smallest absolute Gasteiger partial charge is 0.328 e. The fourth-order valence-corrected chi connectivity index (χ4v) is 4.72. The second kappa shape index (κ2) is 8.70. The van der Waals surface area contributed by atoms with Gasteiger partial charge in [0.1, 0.15) is 0 Å². The highest BCUT2D eigenvalue weighted by Gasteiger charge is 2.34. The Hall–Kier alpha value is -3.07. The summed E-state index contributed by atoms with van der Waals surface area (Å²) in [5.41, 5.74) is 0.290. The van der Waals surface area contributed by atoms with Crippen molar-refractivity contribution in [1.82, 2.24) is 4.90 Å². The minimum Gasteiger partial charge on any atom is -0.328 e. The molecular weight excluding hydrogens is 464 g/mol. The molecule has 1 atom stereocenters. The molecule has 2 aromatic carbocycles. The molecule has 0 saturated carbocycles. The molecule has 1 unspecified atom stereocenters. The molecule has 33 heavy (non-hydrogen) atoms. The fraction of sp³-hybridized carbons (Fsp3) is 0.208. The Balaban J connectivity index is 1.60. The summed E-state index contributed by atoms with van der Waals surface area (Å²) in [4.78, 5) is 15.7. The van der Waals surface area contributed by atoms with E-state index in [4.69, 9.17) is 0 Å². The Morgan fingerprint density at radius 2 is 1.45 bits per heavy atom. The van der Waals surface area contributed by atoms with Crippen LogP contribution in [0.5, 0.6) is 0 Å². The van der Waals surface area contributed by atoms with Crippen LogP contribution in [0.2, 0.25) is 0 Å². The third-order valence-corrected chi connectivity index (χ3v) is 6.46. The molecule has 0 spiro atoms. The number of amides is 1. The molecule has 3 aromatic rings. The van der Waals surface area contributed by atoms with E-state index in [0.29, 0.717) is 24.1 Å².